The van der Waals surface area contributed by atoms with Gasteiger partial charge in [-0.2, -0.15) is 0 Å². The first-order valence-corrected chi connectivity index (χ1v) is 7.86. The van der Waals surface area contributed by atoms with Crippen LogP contribution in [-0.4, -0.2) is 26.3 Å². The Kier molecular flexibility index (Phi) is 5.29. The zero-order valence-corrected chi connectivity index (χ0v) is 13.8. The number of ether oxygens (including phenoxy) is 2. The summed E-state index contributed by atoms with van der Waals surface area (Å²) in [6.45, 7) is 10.1. The van der Waals surface area contributed by atoms with Crippen molar-refractivity contribution in [2.45, 2.75) is 40.2 Å². The van der Waals surface area contributed by atoms with Crippen molar-refractivity contribution < 1.29 is 9.47 Å². The number of benzene rings is 1. The zero-order chi connectivity index (χ0) is 15.4. The topological polar surface area (TPSA) is 30.5 Å². The van der Waals surface area contributed by atoms with Crippen molar-refractivity contribution >= 4 is 6.08 Å². The van der Waals surface area contributed by atoms with Crippen LogP contribution in [0.2, 0.25) is 0 Å². The van der Waals surface area contributed by atoms with Crippen molar-refractivity contribution in [1.82, 2.24) is 5.32 Å². The third-order valence-electron chi connectivity index (χ3n) is 3.79. The molecule has 2 rings (SSSR count). The zero-order valence-electron chi connectivity index (χ0n) is 13.8. The SMILES string of the molecule is CCOc1cc2c(cc1C=C(CNC)C(C)C)OC(C)C2. The van der Waals surface area contributed by atoms with Gasteiger partial charge in [-0.25, -0.2) is 0 Å². The van der Waals surface area contributed by atoms with Crippen molar-refractivity contribution in [3.63, 3.8) is 0 Å². The van der Waals surface area contributed by atoms with Gasteiger partial charge >= 0.3 is 0 Å². The summed E-state index contributed by atoms with van der Waals surface area (Å²) in [4.78, 5) is 0. The minimum absolute atomic E-state index is 0.260. The van der Waals surface area contributed by atoms with Crippen molar-refractivity contribution in [2.75, 3.05) is 20.2 Å². The highest BCUT2D eigenvalue weighted by Crippen LogP contribution is 2.36. The molecular weight excluding hydrogens is 262 g/mol. The molecule has 0 amide bonds. The smallest absolute Gasteiger partial charge is 0.127 e. The van der Waals surface area contributed by atoms with Crippen LogP contribution >= 0.6 is 0 Å². The third kappa shape index (κ3) is 3.79. The monoisotopic (exact) mass is 289 g/mol. The maximum atomic E-state index is 5.88. The molecule has 1 N–H and O–H groups in total. The van der Waals surface area contributed by atoms with E-state index in [0.717, 1.165) is 30.0 Å². The van der Waals surface area contributed by atoms with E-state index in [-0.39, 0.29) is 6.10 Å². The number of hydrogen-bond acceptors (Lipinski definition) is 3. The highest BCUT2D eigenvalue weighted by Gasteiger charge is 2.21. The van der Waals surface area contributed by atoms with E-state index in [1.807, 2.05) is 14.0 Å². The summed E-state index contributed by atoms with van der Waals surface area (Å²) in [6, 6.07) is 4.27. The minimum Gasteiger partial charge on any atom is -0.493 e. The van der Waals surface area contributed by atoms with Gasteiger partial charge in [-0.15, -0.1) is 0 Å². The molecule has 0 saturated carbocycles. The molecule has 1 aliphatic heterocycles. The van der Waals surface area contributed by atoms with Crippen molar-refractivity contribution in [2.24, 2.45) is 5.92 Å². The molecule has 1 aromatic rings. The summed E-state index contributed by atoms with van der Waals surface area (Å²) in [7, 11) is 1.98. The predicted octanol–water partition coefficient (Wildman–Crippen LogP) is 3.67. The Balaban J connectivity index is 2.41. The van der Waals surface area contributed by atoms with Gasteiger partial charge in [0, 0.05) is 24.1 Å². The Morgan fingerprint density at radius 2 is 2.24 bits per heavy atom. The van der Waals surface area contributed by atoms with Gasteiger partial charge in [0.05, 0.1) is 6.61 Å². The highest BCUT2D eigenvalue weighted by molar-refractivity contribution is 5.64. The quantitative estimate of drug-likeness (QED) is 0.867. The lowest BCUT2D eigenvalue weighted by Crippen LogP contribution is -2.14. The van der Waals surface area contributed by atoms with Crippen LogP contribution in [0, 0.1) is 5.92 Å². The average molecular weight is 289 g/mol. The maximum Gasteiger partial charge on any atom is 0.127 e. The van der Waals surface area contributed by atoms with Gasteiger partial charge in [0.2, 0.25) is 0 Å². The van der Waals surface area contributed by atoms with Crippen molar-refractivity contribution in [1.29, 1.82) is 0 Å². The average Bonchev–Trinajstić information content (AvgIpc) is 2.77. The summed E-state index contributed by atoms with van der Waals surface area (Å²) in [6.07, 6.45) is 3.46. The molecule has 1 unspecified atom stereocenters. The Bertz CT molecular complexity index is 520. The van der Waals surface area contributed by atoms with E-state index in [9.17, 15) is 0 Å². The lowest BCUT2D eigenvalue weighted by Gasteiger charge is -2.14. The maximum absolute atomic E-state index is 5.88. The number of nitrogens with one attached hydrogen (secondary N) is 1. The minimum atomic E-state index is 0.260. The highest BCUT2D eigenvalue weighted by atomic mass is 16.5. The molecule has 0 radical (unpaired) electrons. The molecule has 1 aliphatic rings. The van der Waals surface area contributed by atoms with E-state index >= 15 is 0 Å². The van der Waals surface area contributed by atoms with E-state index in [1.165, 1.54) is 11.1 Å². The molecule has 1 aromatic carbocycles. The Labute approximate surface area is 128 Å². The van der Waals surface area contributed by atoms with Crippen LogP contribution in [0.4, 0.5) is 0 Å². The van der Waals surface area contributed by atoms with Crippen LogP contribution in [0.15, 0.2) is 17.7 Å². The van der Waals surface area contributed by atoms with Gasteiger partial charge in [0.25, 0.3) is 0 Å². The lowest BCUT2D eigenvalue weighted by atomic mass is 9.98. The van der Waals surface area contributed by atoms with Gasteiger partial charge in [-0.3, -0.25) is 0 Å². The third-order valence-corrected chi connectivity index (χ3v) is 3.79. The normalized spacial score (nSPS) is 17.8. The van der Waals surface area contributed by atoms with E-state index < -0.39 is 0 Å². The molecule has 1 atom stereocenters. The predicted molar refractivity (Wildman–Crippen MR) is 88.1 cm³/mol. The van der Waals surface area contributed by atoms with Gasteiger partial charge in [0.15, 0.2) is 0 Å². The molecule has 1 heterocycles. The second-order valence-electron chi connectivity index (χ2n) is 5.97. The number of likely N-dealkylation sites (N-methyl/N-ethyl adjacent to an activating group) is 1. The van der Waals surface area contributed by atoms with Crippen LogP contribution in [0.5, 0.6) is 11.5 Å². The first-order chi connectivity index (χ1) is 10.0. The van der Waals surface area contributed by atoms with Crippen molar-refractivity contribution in [3.8, 4) is 11.5 Å². The summed E-state index contributed by atoms with van der Waals surface area (Å²) in [5.41, 5.74) is 3.73. The van der Waals surface area contributed by atoms with Gasteiger partial charge < -0.3 is 14.8 Å². The Morgan fingerprint density at radius 1 is 1.48 bits per heavy atom. The van der Waals surface area contributed by atoms with Crippen LogP contribution < -0.4 is 14.8 Å². The van der Waals surface area contributed by atoms with Crippen LogP contribution in [-0.2, 0) is 6.42 Å². The van der Waals surface area contributed by atoms with Crippen LogP contribution in [0.3, 0.4) is 0 Å². The van der Waals surface area contributed by atoms with E-state index in [1.54, 1.807) is 0 Å². The largest absolute Gasteiger partial charge is 0.493 e. The standard InChI is InChI=1S/C18H27NO2/c1-6-20-17-9-14-7-13(4)21-18(14)10-15(17)8-16(11-19-5)12(2)3/h8-10,12-13,19H,6-7,11H2,1-5H3. The van der Waals surface area contributed by atoms with Gasteiger partial charge in [-0.05, 0) is 38.9 Å². The first kappa shape index (κ1) is 15.9. The van der Waals surface area contributed by atoms with Crippen LogP contribution in [0.25, 0.3) is 6.08 Å². The Hall–Kier alpha value is -1.48. The fourth-order valence-electron chi connectivity index (χ4n) is 2.67. The second-order valence-corrected chi connectivity index (χ2v) is 5.97. The fourth-order valence-corrected chi connectivity index (χ4v) is 2.67. The number of fused-ring (bicyclic) bond motifs is 1. The number of hydrogen-bond donors (Lipinski definition) is 1. The van der Waals surface area contributed by atoms with Gasteiger partial charge in [-0.1, -0.05) is 25.5 Å². The molecule has 21 heavy (non-hydrogen) atoms. The molecule has 116 valence electrons. The van der Waals surface area contributed by atoms with Crippen LogP contribution in [0.1, 0.15) is 38.8 Å². The summed E-state index contributed by atoms with van der Waals surface area (Å²) in [5.74, 6) is 2.47. The van der Waals surface area contributed by atoms with E-state index in [2.05, 4.69) is 44.3 Å². The van der Waals surface area contributed by atoms with Crippen molar-refractivity contribution in [3.05, 3.63) is 28.8 Å². The summed E-state index contributed by atoms with van der Waals surface area (Å²) >= 11 is 0. The second kappa shape index (κ2) is 6.99. The molecule has 0 bridgehead atoms. The Morgan fingerprint density at radius 3 is 2.86 bits per heavy atom. The molecule has 0 aromatic heterocycles. The molecule has 0 fully saturated rings. The molecule has 3 nitrogen and oxygen atoms in total. The molecular formula is C18H27NO2. The molecule has 3 heteroatoms. The summed E-state index contributed by atoms with van der Waals surface area (Å²) in [5, 5.41) is 3.24. The first-order valence-electron chi connectivity index (χ1n) is 7.86. The van der Waals surface area contributed by atoms with Gasteiger partial charge in [0.1, 0.15) is 17.6 Å². The van der Waals surface area contributed by atoms with E-state index in [0.29, 0.717) is 12.5 Å². The summed E-state index contributed by atoms with van der Waals surface area (Å²) < 4.78 is 11.7. The molecule has 0 saturated heterocycles. The fraction of sp³-hybridized carbons (Fsp3) is 0.556. The molecule has 0 spiro atoms. The lowest BCUT2D eigenvalue weighted by molar-refractivity contribution is 0.254. The molecule has 0 aliphatic carbocycles. The number of rotatable bonds is 6. The van der Waals surface area contributed by atoms with E-state index in [4.69, 9.17) is 9.47 Å².